The first-order valence-corrected chi connectivity index (χ1v) is 11.5. The zero-order chi connectivity index (χ0) is 24.4. The van der Waals surface area contributed by atoms with E-state index in [1.165, 1.54) is 4.90 Å². The molecule has 0 fully saturated rings. The normalized spacial score (nSPS) is 15.8. The van der Waals surface area contributed by atoms with Crippen LogP contribution in [-0.2, 0) is 14.4 Å². The first-order valence-electron chi connectivity index (χ1n) is 11.5. The van der Waals surface area contributed by atoms with Gasteiger partial charge < -0.3 is 11.1 Å². The molecule has 3 amide bonds. The summed E-state index contributed by atoms with van der Waals surface area (Å²) in [6.45, 7) is 5.67. The number of carbonyl (C=O) groups excluding carboxylic acids is 3. The fourth-order valence-electron chi connectivity index (χ4n) is 4.47. The van der Waals surface area contributed by atoms with E-state index in [0.717, 1.165) is 11.1 Å². The van der Waals surface area contributed by atoms with Crippen LogP contribution < -0.4 is 16.0 Å². The van der Waals surface area contributed by atoms with Gasteiger partial charge in [-0.2, -0.15) is 0 Å². The summed E-state index contributed by atoms with van der Waals surface area (Å²) >= 11 is 0. The molecule has 174 valence electrons. The van der Waals surface area contributed by atoms with Crippen LogP contribution in [-0.4, -0.2) is 17.7 Å². The van der Waals surface area contributed by atoms with Crippen LogP contribution in [0.4, 0.5) is 11.4 Å². The molecule has 0 aliphatic carbocycles. The quantitative estimate of drug-likeness (QED) is 0.540. The lowest BCUT2D eigenvalue weighted by Crippen LogP contribution is -2.47. The molecule has 2 atom stereocenters. The first-order chi connectivity index (χ1) is 16.3. The van der Waals surface area contributed by atoms with E-state index in [1.807, 2.05) is 44.2 Å². The van der Waals surface area contributed by atoms with E-state index in [0.29, 0.717) is 22.5 Å². The van der Waals surface area contributed by atoms with E-state index < -0.39 is 17.9 Å². The number of nitrogen functional groups attached to an aromatic ring is 1. The van der Waals surface area contributed by atoms with Crippen molar-refractivity contribution in [2.24, 2.45) is 5.92 Å². The predicted molar refractivity (Wildman–Crippen MR) is 134 cm³/mol. The van der Waals surface area contributed by atoms with Crippen LogP contribution in [0.5, 0.6) is 0 Å². The summed E-state index contributed by atoms with van der Waals surface area (Å²) in [5.41, 5.74) is 10.2. The highest BCUT2D eigenvalue weighted by Crippen LogP contribution is 2.44. The number of nitrogens with zero attached hydrogens (tertiary/aromatic N) is 1. The summed E-state index contributed by atoms with van der Waals surface area (Å²) in [7, 11) is 0. The summed E-state index contributed by atoms with van der Waals surface area (Å²) in [6.07, 6.45) is 0.274. The highest BCUT2D eigenvalue weighted by molar-refractivity contribution is 6.22. The number of nitrogens with one attached hydrogen (secondary N) is 1. The lowest BCUT2D eigenvalue weighted by atomic mass is 9.92. The zero-order valence-corrected chi connectivity index (χ0v) is 19.6. The number of imide groups is 1. The SMILES string of the molecule is CC(C)CC(=O)N[C@H](C(=O)N1C(=O)C(C)c2ccccc2-c2c(N)cccc21)c1ccccc1. The summed E-state index contributed by atoms with van der Waals surface area (Å²) in [5.74, 6) is -1.57. The van der Waals surface area contributed by atoms with Gasteiger partial charge in [0.1, 0.15) is 6.04 Å². The molecule has 34 heavy (non-hydrogen) atoms. The van der Waals surface area contributed by atoms with E-state index in [1.54, 1.807) is 49.4 Å². The van der Waals surface area contributed by atoms with Gasteiger partial charge in [-0.15, -0.1) is 0 Å². The van der Waals surface area contributed by atoms with Gasteiger partial charge in [-0.3, -0.25) is 14.4 Å². The summed E-state index contributed by atoms with van der Waals surface area (Å²) in [4.78, 5) is 41.8. The molecule has 0 bridgehead atoms. The third-order valence-electron chi connectivity index (χ3n) is 6.10. The summed E-state index contributed by atoms with van der Waals surface area (Å²) in [5, 5.41) is 2.87. The summed E-state index contributed by atoms with van der Waals surface area (Å²) in [6, 6.07) is 20.8. The fraction of sp³-hybridized carbons (Fsp3) is 0.250. The van der Waals surface area contributed by atoms with Crippen LogP contribution in [0, 0.1) is 5.92 Å². The van der Waals surface area contributed by atoms with Crippen LogP contribution >= 0.6 is 0 Å². The molecule has 1 aliphatic rings. The van der Waals surface area contributed by atoms with Crippen molar-refractivity contribution in [2.75, 3.05) is 10.6 Å². The lowest BCUT2D eigenvalue weighted by molar-refractivity contribution is -0.131. The molecule has 3 aromatic rings. The maximum Gasteiger partial charge on any atom is 0.261 e. The Balaban J connectivity index is 1.86. The molecule has 0 saturated heterocycles. The van der Waals surface area contributed by atoms with Gasteiger partial charge in [-0.1, -0.05) is 74.5 Å². The molecule has 1 unspecified atom stereocenters. The highest BCUT2D eigenvalue weighted by atomic mass is 16.2. The van der Waals surface area contributed by atoms with Crippen LogP contribution in [0.3, 0.4) is 0 Å². The van der Waals surface area contributed by atoms with Crippen molar-refractivity contribution in [1.82, 2.24) is 5.32 Å². The molecular formula is C28H29N3O3. The molecule has 6 nitrogen and oxygen atoms in total. The molecule has 1 aliphatic heterocycles. The lowest BCUT2D eigenvalue weighted by Gasteiger charge is -2.28. The van der Waals surface area contributed by atoms with E-state index in [-0.39, 0.29) is 24.2 Å². The van der Waals surface area contributed by atoms with Crippen LogP contribution in [0.2, 0.25) is 0 Å². The Morgan fingerprint density at radius 2 is 1.65 bits per heavy atom. The van der Waals surface area contributed by atoms with Crippen LogP contribution in [0.25, 0.3) is 11.1 Å². The van der Waals surface area contributed by atoms with Crippen molar-refractivity contribution >= 4 is 29.1 Å². The van der Waals surface area contributed by atoms with Gasteiger partial charge in [-0.25, -0.2) is 4.90 Å². The molecule has 3 aromatic carbocycles. The average Bonchev–Trinajstić information content (AvgIpc) is 2.91. The molecule has 6 heteroatoms. The predicted octanol–water partition coefficient (Wildman–Crippen LogP) is 4.82. The van der Waals surface area contributed by atoms with Crippen molar-refractivity contribution in [3.63, 3.8) is 0 Å². The maximum absolute atomic E-state index is 14.1. The van der Waals surface area contributed by atoms with E-state index in [2.05, 4.69) is 5.32 Å². The number of fused-ring (bicyclic) bond motifs is 3. The number of amides is 3. The van der Waals surface area contributed by atoms with Gasteiger partial charge in [0.2, 0.25) is 11.8 Å². The Hall–Kier alpha value is -3.93. The number of carbonyl (C=O) groups is 3. The molecule has 0 aromatic heterocycles. The van der Waals surface area contributed by atoms with Crippen molar-refractivity contribution in [1.29, 1.82) is 0 Å². The van der Waals surface area contributed by atoms with Gasteiger partial charge in [0, 0.05) is 17.7 Å². The Labute approximate surface area is 199 Å². The van der Waals surface area contributed by atoms with Crippen LogP contribution in [0.15, 0.2) is 72.8 Å². The molecule has 0 spiro atoms. The topological polar surface area (TPSA) is 92.5 Å². The minimum Gasteiger partial charge on any atom is -0.398 e. The Morgan fingerprint density at radius 1 is 0.971 bits per heavy atom. The third kappa shape index (κ3) is 4.31. The van der Waals surface area contributed by atoms with Crippen molar-refractivity contribution < 1.29 is 14.4 Å². The molecular weight excluding hydrogens is 426 g/mol. The molecule has 0 saturated carbocycles. The van der Waals surface area contributed by atoms with Gasteiger partial charge in [-0.05, 0) is 41.7 Å². The molecule has 1 heterocycles. The number of benzene rings is 3. The van der Waals surface area contributed by atoms with Crippen molar-refractivity contribution in [3.05, 3.63) is 83.9 Å². The number of rotatable bonds is 5. The zero-order valence-electron chi connectivity index (χ0n) is 19.6. The molecule has 4 rings (SSSR count). The van der Waals surface area contributed by atoms with Crippen molar-refractivity contribution in [3.8, 4) is 11.1 Å². The second-order valence-corrected chi connectivity index (χ2v) is 9.07. The number of hydrogen-bond acceptors (Lipinski definition) is 4. The average molecular weight is 456 g/mol. The van der Waals surface area contributed by atoms with Crippen LogP contribution in [0.1, 0.15) is 50.3 Å². The first kappa shape index (κ1) is 23.2. The Bertz CT molecular complexity index is 1240. The highest BCUT2D eigenvalue weighted by Gasteiger charge is 2.39. The smallest absolute Gasteiger partial charge is 0.261 e. The second kappa shape index (κ2) is 9.51. The van der Waals surface area contributed by atoms with Gasteiger partial charge in [0.25, 0.3) is 5.91 Å². The maximum atomic E-state index is 14.1. The number of nitrogens with two attached hydrogens (primary N) is 1. The van der Waals surface area contributed by atoms with Gasteiger partial charge in [0.05, 0.1) is 11.6 Å². The number of anilines is 2. The Morgan fingerprint density at radius 3 is 2.35 bits per heavy atom. The van der Waals surface area contributed by atoms with Crippen molar-refractivity contribution in [2.45, 2.75) is 39.2 Å². The standard InChI is InChI=1S/C28H29N3O3/c1-17(2)16-24(32)30-26(19-10-5-4-6-11-19)28(34)31-23-15-9-14-22(29)25(23)21-13-8-7-12-20(21)18(3)27(31)33/h4-15,17-18,26H,16,29H2,1-3H3,(H,30,32)/t18?,26-/m0/s1. The minimum absolute atomic E-state index is 0.126. The van der Waals surface area contributed by atoms with E-state index >= 15 is 0 Å². The van der Waals surface area contributed by atoms with E-state index in [9.17, 15) is 14.4 Å². The fourth-order valence-corrected chi connectivity index (χ4v) is 4.47. The Kier molecular flexibility index (Phi) is 6.50. The molecule has 0 radical (unpaired) electrons. The molecule has 3 N–H and O–H groups in total. The third-order valence-corrected chi connectivity index (χ3v) is 6.10. The number of hydrogen-bond donors (Lipinski definition) is 2. The second-order valence-electron chi connectivity index (χ2n) is 9.07. The minimum atomic E-state index is -1.01. The monoisotopic (exact) mass is 455 g/mol. The largest absolute Gasteiger partial charge is 0.398 e. The van der Waals surface area contributed by atoms with Gasteiger partial charge in [0.15, 0.2) is 0 Å². The summed E-state index contributed by atoms with van der Waals surface area (Å²) < 4.78 is 0. The van der Waals surface area contributed by atoms with Gasteiger partial charge >= 0.3 is 0 Å². The van der Waals surface area contributed by atoms with E-state index in [4.69, 9.17) is 5.73 Å².